The average Bonchev–Trinajstić information content (AvgIpc) is 2.71. The van der Waals surface area contributed by atoms with E-state index in [1.807, 2.05) is 11.9 Å². The third-order valence-corrected chi connectivity index (χ3v) is 3.99. The Morgan fingerprint density at radius 1 is 1.17 bits per heavy atom. The lowest BCUT2D eigenvalue weighted by Gasteiger charge is -2.19. The molecule has 0 spiro atoms. The van der Waals surface area contributed by atoms with Gasteiger partial charge in [0.1, 0.15) is 12.2 Å². The van der Waals surface area contributed by atoms with Gasteiger partial charge in [0.25, 0.3) is 5.69 Å². The van der Waals surface area contributed by atoms with Gasteiger partial charge in [-0.2, -0.15) is 10.2 Å². The number of esters is 1. The Bertz CT molecular complexity index is 1000. The summed E-state index contributed by atoms with van der Waals surface area (Å²) in [6.07, 6.45) is 0. The molecule has 0 bridgehead atoms. The van der Waals surface area contributed by atoms with E-state index in [0.29, 0.717) is 17.8 Å². The zero-order valence-corrected chi connectivity index (χ0v) is 16.4. The third kappa shape index (κ3) is 5.96. The molecule has 30 heavy (non-hydrogen) atoms. The number of carbonyl (C=O) groups is 2. The van der Waals surface area contributed by atoms with Crippen molar-refractivity contribution in [2.75, 3.05) is 25.1 Å². The summed E-state index contributed by atoms with van der Waals surface area (Å²) in [6.45, 7) is 5.81. The lowest BCUT2D eigenvalue weighted by molar-refractivity contribution is -0.385. The predicted octanol–water partition coefficient (Wildman–Crippen LogP) is 4.26. The summed E-state index contributed by atoms with van der Waals surface area (Å²) < 4.78 is 5.06. The molecule has 2 aromatic rings. The van der Waals surface area contributed by atoms with Gasteiger partial charge in [-0.15, -0.1) is 0 Å². The van der Waals surface area contributed by atoms with E-state index in [-0.39, 0.29) is 12.3 Å². The zero-order valence-electron chi connectivity index (χ0n) is 16.4. The summed E-state index contributed by atoms with van der Waals surface area (Å²) in [5.41, 5.74) is 0.929. The number of hydrogen-bond acceptors (Lipinski definition) is 8. The first-order chi connectivity index (χ1) is 14.2. The number of likely N-dealkylation sites (N-methyl/N-ethyl adjacent to an activating group) is 1. The Balaban J connectivity index is 2.03. The van der Waals surface area contributed by atoms with Crippen molar-refractivity contribution < 1.29 is 24.4 Å². The fourth-order valence-electron chi connectivity index (χ4n) is 2.33. The van der Waals surface area contributed by atoms with E-state index < -0.39 is 28.1 Å². The molecule has 0 heterocycles. The molecule has 2 rings (SSSR count). The highest BCUT2D eigenvalue weighted by Gasteiger charge is 2.19. The second-order valence-electron chi connectivity index (χ2n) is 6.32. The quantitative estimate of drug-likeness (QED) is 0.214. The lowest BCUT2D eigenvalue weighted by atomic mass is 10.1. The van der Waals surface area contributed by atoms with Gasteiger partial charge in [0.2, 0.25) is 0 Å². The van der Waals surface area contributed by atoms with Gasteiger partial charge >= 0.3 is 11.9 Å². The SMILES string of the molecule is C=C(C)C(=O)OCCN(C)c1ccc(N=Nc2ccc([N+](=O)[O-])c(C(=O)O)c2)cc1. The number of aromatic carboxylic acids is 1. The van der Waals surface area contributed by atoms with Crippen LogP contribution in [0.4, 0.5) is 22.7 Å². The van der Waals surface area contributed by atoms with Crippen LogP contribution < -0.4 is 4.90 Å². The highest BCUT2D eigenvalue weighted by Crippen LogP contribution is 2.26. The molecule has 156 valence electrons. The van der Waals surface area contributed by atoms with Crippen molar-refractivity contribution in [2.24, 2.45) is 10.2 Å². The Kier molecular flexibility index (Phi) is 7.34. The number of anilines is 1. The number of nitrogens with zero attached hydrogens (tertiary/aromatic N) is 4. The standard InChI is InChI=1S/C20H20N4O6/c1-13(2)20(27)30-11-10-23(3)16-7-4-14(5-8-16)21-22-15-6-9-18(24(28)29)17(12-15)19(25)26/h4-9,12H,1,10-11H2,2-3H3,(H,25,26). The van der Waals surface area contributed by atoms with Crippen LogP contribution in [0.2, 0.25) is 0 Å². The molecule has 10 nitrogen and oxygen atoms in total. The molecule has 0 aliphatic rings. The maximum absolute atomic E-state index is 11.4. The maximum atomic E-state index is 11.4. The molecule has 0 atom stereocenters. The van der Waals surface area contributed by atoms with Crippen LogP contribution >= 0.6 is 0 Å². The highest BCUT2D eigenvalue weighted by molar-refractivity contribution is 5.93. The van der Waals surface area contributed by atoms with E-state index in [1.165, 1.54) is 6.07 Å². The number of carboxylic acids is 1. The van der Waals surface area contributed by atoms with Crippen molar-refractivity contribution in [3.8, 4) is 0 Å². The third-order valence-electron chi connectivity index (χ3n) is 3.99. The average molecular weight is 412 g/mol. The van der Waals surface area contributed by atoms with Gasteiger partial charge in [-0.05, 0) is 43.3 Å². The summed E-state index contributed by atoms with van der Waals surface area (Å²) >= 11 is 0. The number of nitro benzene ring substituents is 1. The van der Waals surface area contributed by atoms with Gasteiger partial charge in [-0.1, -0.05) is 6.58 Å². The van der Waals surface area contributed by atoms with Crippen molar-refractivity contribution in [3.05, 3.63) is 70.3 Å². The van der Waals surface area contributed by atoms with E-state index in [2.05, 4.69) is 16.8 Å². The highest BCUT2D eigenvalue weighted by atomic mass is 16.6. The number of hydrogen-bond donors (Lipinski definition) is 1. The maximum Gasteiger partial charge on any atom is 0.342 e. The molecule has 0 aliphatic heterocycles. The summed E-state index contributed by atoms with van der Waals surface area (Å²) in [5.74, 6) is -1.85. The fraction of sp³-hybridized carbons (Fsp3) is 0.200. The van der Waals surface area contributed by atoms with E-state index in [0.717, 1.165) is 17.8 Å². The Morgan fingerprint density at radius 3 is 2.33 bits per heavy atom. The normalized spacial score (nSPS) is 10.6. The smallest absolute Gasteiger partial charge is 0.342 e. The molecule has 10 heteroatoms. The number of carboxylic acid groups (broad SMARTS) is 1. The Hall–Kier alpha value is -4.08. The van der Waals surface area contributed by atoms with E-state index >= 15 is 0 Å². The van der Waals surface area contributed by atoms with Gasteiger partial charge in [0.15, 0.2) is 0 Å². The molecule has 0 fully saturated rings. The number of nitro groups is 1. The minimum absolute atomic E-state index is 0.179. The number of carbonyl (C=O) groups excluding carboxylic acids is 1. The molecule has 0 amide bonds. The first-order valence-electron chi connectivity index (χ1n) is 8.76. The summed E-state index contributed by atoms with van der Waals surface area (Å²) in [5, 5.41) is 28.0. The van der Waals surface area contributed by atoms with Crippen LogP contribution in [0.3, 0.4) is 0 Å². The zero-order chi connectivity index (χ0) is 22.3. The number of azo groups is 1. The Labute approximate surface area is 172 Å². The molecule has 1 N–H and O–H groups in total. The summed E-state index contributed by atoms with van der Waals surface area (Å²) in [4.78, 5) is 34.6. The molecular weight excluding hydrogens is 392 g/mol. The van der Waals surface area contributed by atoms with Crippen LogP contribution in [-0.2, 0) is 9.53 Å². The molecular formula is C20H20N4O6. The van der Waals surface area contributed by atoms with E-state index in [9.17, 15) is 19.7 Å². The first kappa shape index (κ1) is 22.2. The molecule has 2 aromatic carbocycles. The second-order valence-corrected chi connectivity index (χ2v) is 6.32. The molecule has 0 saturated heterocycles. The van der Waals surface area contributed by atoms with Gasteiger partial charge in [-0.25, -0.2) is 9.59 Å². The van der Waals surface area contributed by atoms with E-state index in [1.54, 1.807) is 31.2 Å². The molecule has 0 radical (unpaired) electrons. The summed E-state index contributed by atoms with van der Waals surface area (Å²) in [7, 11) is 1.84. The monoisotopic (exact) mass is 412 g/mol. The van der Waals surface area contributed by atoms with Crippen LogP contribution in [0.25, 0.3) is 0 Å². The van der Waals surface area contributed by atoms with Crippen LogP contribution in [0.1, 0.15) is 17.3 Å². The van der Waals surface area contributed by atoms with Crippen molar-refractivity contribution in [2.45, 2.75) is 6.92 Å². The number of benzene rings is 2. The van der Waals surface area contributed by atoms with E-state index in [4.69, 9.17) is 9.84 Å². The summed E-state index contributed by atoms with van der Waals surface area (Å²) in [6, 6.07) is 10.5. The van der Waals surface area contributed by atoms with Crippen molar-refractivity contribution in [1.29, 1.82) is 0 Å². The molecule has 0 saturated carbocycles. The Morgan fingerprint density at radius 2 is 1.77 bits per heavy atom. The van der Waals surface area contributed by atoms with Gasteiger partial charge in [0, 0.05) is 24.4 Å². The minimum atomic E-state index is -1.42. The van der Waals surface area contributed by atoms with Crippen LogP contribution in [-0.4, -0.2) is 42.2 Å². The van der Waals surface area contributed by atoms with Gasteiger partial charge in [-0.3, -0.25) is 10.1 Å². The van der Waals surface area contributed by atoms with Crippen molar-refractivity contribution >= 4 is 34.7 Å². The number of rotatable bonds is 9. The second kappa shape index (κ2) is 9.92. The van der Waals surface area contributed by atoms with Crippen LogP contribution in [0.5, 0.6) is 0 Å². The molecule has 0 aromatic heterocycles. The molecule has 0 aliphatic carbocycles. The lowest BCUT2D eigenvalue weighted by Crippen LogP contribution is -2.23. The topological polar surface area (TPSA) is 135 Å². The molecule has 0 unspecified atom stereocenters. The predicted molar refractivity (Wildman–Crippen MR) is 110 cm³/mol. The first-order valence-corrected chi connectivity index (χ1v) is 8.76. The van der Waals surface area contributed by atoms with Crippen molar-refractivity contribution in [1.82, 2.24) is 0 Å². The minimum Gasteiger partial charge on any atom is -0.477 e. The fourth-order valence-corrected chi connectivity index (χ4v) is 2.33. The van der Waals surface area contributed by atoms with Crippen LogP contribution in [0.15, 0.2) is 64.8 Å². The van der Waals surface area contributed by atoms with Gasteiger partial charge in [0.05, 0.1) is 22.8 Å². The van der Waals surface area contributed by atoms with Crippen molar-refractivity contribution in [3.63, 3.8) is 0 Å². The van der Waals surface area contributed by atoms with Gasteiger partial charge < -0.3 is 14.7 Å². The largest absolute Gasteiger partial charge is 0.477 e. The number of ether oxygens (including phenoxy) is 1. The van der Waals surface area contributed by atoms with Crippen LogP contribution in [0, 0.1) is 10.1 Å².